The van der Waals surface area contributed by atoms with Crippen molar-refractivity contribution in [3.05, 3.63) is 105 Å². The third-order valence-electron chi connectivity index (χ3n) is 15.5. The minimum absolute atomic E-state index is 0.0263. The molecule has 0 spiro atoms. The molecule has 4 aromatic rings. The molecule has 8 heteroatoms. The van der Waals surface area contributed by atoms with Gasteiger partial charge in [-0.1, -0.05) is 0 Å². The Morgan fingerprint density at radius 3 is 0.955 bits per heavy atom. The summed E-state index contributed by atoms with van der Waals surface area (Å²) >= 11 is -5.19. The Balaban J connectivity index is 1.76. The molecular formula is C58H89Cl2Si5Zr. The van der Waals surface area contributed by atoms with E-state index in [1.807, 2.05) is 0 Å². The van der Waals surface area contributed by atoms with E-state index in [1.165, 1.54) is 66.8 Å². The van der Waals surface area contributed by atoms with E-state index in [4.69, 9.17) is 0 Å². The van der Waals surface area contributed by atoms with Crippen LogP contribution in [-0.2, 0) is 26.4 Å². The van der Waals surface area contributed by atoms with Gasteiger partial charge >= 0.3 is 422 Å². The fourth-order valence-corrected chi connectivity index (χ4v) is 47.6. The summed E-state index contributed by atoms with van der Waals surface area (Å²) < 4.78 is 0.0526. The molecule has 0 heterocycles. The number of hydrogen-bond acceptors (Lipinski definition) is 0. The summed E-state index contributed by atoms with van der Waals surface area (Å²) in [5.74, 6) is -1.21. The van der Waals surface area contributed by atoms with Crippen LogP contribution in [0.2, 0.25) is 91.7 Å². The summed E-state index contributed by atoms with van der Waals surface area (Å²) in [6.45, 7) is 59.2. The number of halogens is 2. The molecule has 4 aromatic carbocycles. The van der Waals surface area contributed by atoms with Crippen LogP contribution in [0.5, 0.6) is 0 Å². The molecule has 2 atom stereocenters. The first-order valence-electron chi connectivity index (χ1n) is 25.4. The molecule has 0 nitrogen and oxygen atoms in total. The van der Waals surface area contributed by atoms with Crippen molar-refractivity contribution in [1.29, 1.82) is 0 Å². The van der Waals surface area contributed by atoms with Gasteiger partial charge in [0.2, 0.25) is 0 Å². The molecule has 2 aliphatic carbocycles. The summed E-state index contributed by atoms with van der Waals surface area (Å²) in [7, 11) is 11.9. The fraction of sp³-hybridized carbons (Fsp3) is 0.517. The zero-order valence-electron chi connectivity index (χ0n) is 46.1. The molecule has 0 fully saturated rings. The van der Waals surface area contributed by atoms with Crippen molar-refractivity contribution in [2.24, 2.45) is 11.8 Å². The third-order valence-corrected chi connectivity index (χ3v) is 75.3. The van der Waals surface area contributed by atoms with Crippen molar-refractivity contribution < 1.29 is 15.6 Å². The van der Waals surface area contributed by atoms with Gasteiger partial charge in [-0.15, -0.1) is 0 Å². The molecule has 6 rings (SSSR count). The molecule has 66 heavy (non-hydrogen) atoms. The zero-order chi connectivity index (χ0) is 50.1. The van der Waals surface area contributed by atoms with Gasteiger partial charge in [0.15, 0.2) is 0 Å². The first-order chi connectivity index (χ1) is 29.7. The predicted molar refractivity (Wildman–Crippen MR) is 315 cm³/mol. The van der Waals surface area contributed by atoms with Crippen LogP contribution in [-0.4, -0.2) is 38.2 Å². The van der Waals surface area contributed by atoms with Gasteiger partial charge in [-0.3, -0.25) is 0 Å². The first kappa shape index (κ1) is 54.2. The van der Waals surface area contributed by atoms with Gasteiger partial charge in [0.1, 0.15) is 0 Å². The summed E-state index contributed by atoms with van der Waals surface area (Å²) in [6.07, 6.45) is 5.25. The Morgan fingerprint density at radius 2 is 0.742 bits per heavy atom. The Hall–Kier alpha value is -1.09. The number of fused-ring (bicyclic) bond motifs is 2. The maximum atomic E-state index is 9.25. The van der Waals surface area contributed by atoms with Crippen molar-refractivity contribution in [2.75, 3.05) is 0 Å². The molecule has 0 amide bonds. The normalized spacial score (nSPS) is 18.2. The average Bonchev–Trinajstić information content (AvgIpc) is 3.76. The van der Waals surface area contributed by atoms with E-state index in [0.29, 0.717) is 11.8 Å². The van der Waals surface area contributed by atoms with Crippen LogP contribution in [0.1, 0.15) is 110 Å². The summed E-state index contributed by atoms with van der Waals surface area (Å²) in [5.41, 5.74) is 16.8. The topological polar surface area (TPSA) is 0 Å². The fourth-order valence-electron chi connectivity index (χ4n) is 11.2. The van der Waals surface area contributed by atoms with Crippen LogP contribution in [0, 0.1) is 11.8 Å². The minimum atomic E-state index is -5.19. The molecule has 2 unspecified atom stereocenters. The van der Waals surface area contributed by atoms with Crippen molar-refractivity contribution in [2.45, 2.75) is 179 Å². The monoisotopic (exact) mass is 1090 g/mol. The van der Waals surface area contributed by atoms with E-state index in [2.05, 4.69) is 234 Å². The first-order valence-corrected chi connectivity index (χ1v) is 55.7. The molecule has 2 aliphatic rings. The number of benzene rings is 4. The summed E-state index contributed by atoms with van der Waals surface area (Å²) in [5, 5.41) is 6.22. The van der Waals surface area contributed by atoms with Crippen molar-refractivity contribution >= 4 is 88.1 Å². The Labute approximate surface area is 418 Å². The van der Waals surface area contributed by atoms with Gasteiger partial charge in [-0.25, -0.2) is 0 Å². The van der Waals surface area contributed by atoms with Gasteiger partial charge < -0.3 is 0 Å². The third kappa shape index (κ3) is 9.79. The van der Waals surface area contributed by atoms with E-state index < -0.39 is 53.8 Å². The Morgan fingerprint density at radius 1 is 0.470 bits per heavy atom. The molecular weight excluding hydrogens is 999 g/mol. The molecule has 0 N–H and O–H groups in total. The standard InChI is InChI=1S/2C28H41Si2.C2H7Si.2ClH.Zr/c2*1-19(2)21-14-20-12-13-26(28(3,4)5)27(25(20)17-21)22-15-23(29(6,7)8)18-24(16-22)30(9,10)11;1-3-2;;;/h2*12-19H,1-11H3;3H,1-2H3;2*1H;/q;;;;;+2/p-2. The second-order valence-corrected chi connectivity index (χ2v) is 90.7. The van der Waals surface area contributed by atoms with Gasteiger partial charge in [0.05, 0.1) is 0 Å². The van der Waals surface area contributed by atoms with Crippen LogP contribution in [0.25, 0.3) is 34.4 Å². The van der Waals surface area contributed by atoms with Gasteiger partial charge in [0.25, 0.3) is 0 Å². The Kier molecular flexibility index (Phi) is 14.5. The SMILES string of the molecule is CC(C)C1=Cc2c(ccc(C(C)(C)C)c2-c2cc([Si](C)(C)C)cc([Si](C)(C)C)c2)[CH]1[Zr]([Cl])([Cl])([CH]1C(C(C)C)=Cc2c1ccc(C(C)(C)C)c2-c1cc([Si](C)(C)C)cc([Si](C)(C)C)c1)[SiH](C)C. The summed E-state index contributed by atoms with van der Waals surface area (Å²) in [6, 6.07) is 25.5. The Bertz CT molecular complexity index is 2380. The van der Waals surface area contributed by atoms with Crippen molar-refractivity contribution in [3.8, 4) is 22.3 Å². The molecule has 0 saturated carbocycles. The van der Waals surface area contributed by atoms with Crippen molar-refractivity contribution in [3.63, 3.8) is 0 Å². The van der Waals surface area contributed by atoms with Gasteiger partial charge in [-0.05, 0) is 0 Å². The average molecular weight is 1090 g/mol. The quantitative estimate of drug-likeness (QED) is 0.131. The van der Waals surface area contributed by atoms with E-state index in [1.54, 1.807) is 20.7 Å². The van der Waals surface area contributed by atoms with Crippen LogP contribution in [0.15, 0.2) is 71.8 Å². The maximum absolute atomic E-state index is 9.25. The van der Waals surface area contributed by atoms with Crippen molar-refractivity contribution in [1.82, 2.24) is 0 Å². The molecule has 0 radical (unpaired) electrons. The van der Waals surface area contributed by atoms with E-state index in [0.717, 1.165) is 0 Å². The predicted octanol–water partition coefficient (Wildman–Crippen LogP) is 16.7. The van der Waals surface area contributed by atoms with Crippen LogP contribution < -0.4 is 20.7 Å². The van der Waals surface area contributed by atoms with E-state index in [-0.39, 0.29) is 18.1 Å². The summed E-state index contributed by atoms with van der Waals surface area (Å²) in [4.78, 5) is 0. The second-order valence-electron chi connectivity index (χ2n) is 27.9. The van der Waals surface area contributed by atoms with E-state index in [9.17, 15) is 17.0 Å². The molecule has 0 aliphatic heterocycles. The molecule has 0 aromatic heterocycles. The zero-order valence-corrected chi connectivity index (χ0v) is 55.2. The van der Waals surface area contributed by atoms with Gasteiger partial charge in [0, 0.05) is 0 Å². The van der Waals surface area contributed by atoms with Crippen LogP contribution in [0.4, 0.5) is 0 Å². The van der Waals surface area contributed by atoms with E-state index >= 15 is 0 Å². The molecule has 0 saturated heterocycles. The molecule has 359 valence electrons. The number of allylic oxidation sites excluding steroid dienone is 2. The second kappa shape index (κ2) is 17.6. The molecule has 0 bridgehead atoms. The number of rotatable bonds is 11. The van der Waals surface area contributed by atoms with Crippen LogP contribution >= 0.6 is 17.0 Å². The number of hydrogen-bond donors (Lipinski definition) is 0. The van der Waals surface area contributed by atoms with Gasteiger partial charge in [-0.2, -0.15) is 0 Å². The van der Waals surface area contributed by atoms with Crippen LogP contribution in [0.3, 0.4) is 0 Å².